The molecule has 0 aliphatic carbocycles. The predicted molar refractivity (Wildman–Crippen MR) is 53.4 cm³/mol. The molecule has 68 valence electrons. The predicted octanol–water partition coefficient (Wildman–Crippen LogP) is 2.92. The van der Waals surface area contributed by atoms with Gasteiger partial charge in [-0.25, -0.2) is 0 Å². The van der Waals surface area contributed by atoms with Crippen LogP contribution in [0.4, 0.5) is 0 Å². The number of ether oxygens (including phenoxy) is 1. The van der Waals surface area contributed by atoms with Gasteiger partial charge in [0.1, 0.15) is 6.10 Å². The van der Waals surface area contributed by atoms with E-state index < -0.39 is 0 Å². The summed E-state index contributed by atoms with van der Waals surface area (Å²) in [7, 11) is 0. The largest absolute Gasteiger partial charge is 0.497 e. The lowest BCUT2D eigenvalue weighted by atomic mass is 10.0. The first-order valence-corrected chi connectivity index (χ1v) is 4.69. The van der Waals surface area contributed by atoms with Crippen molar-refractivity contribution in [2.24, 2.45) is 0 Å². The lowest BCUT2D eigenvalue weighted by Gasteiger charge is -2.09. The molecule has 0 bridgehead atoms. The van der Waals surface area contributed by atoms with Crippen LogP contribution in [0.3, 0.4) is 0 Å². The van der Waals surface area contributed by atoms with Crippen molar-refractivity contribution in [1.82, 2.24) is 0 Å². The molecule has 0 aromatic heterocycles. The minimum Gasteiger partial charge on any atom is -0.497 e. The van der Waals surface area contributed by atoms with Crippen molar-refractivity contribution in [3.63, 3.8) is 0 Å². The summed E-state index contributed by atoms with van der Waals surface area (Å²) < 4.78 is 5.51. The van der Waals surface area contributed by atoms with Crippen molar-refractivity contribution in [3.05, 3.63) is 47.7 Å². The minimum absolute atomic E-state index is 0.363. The highest BCUT2D eigenvalue weighted by Crippen LogP contribution is 2.20. The maximum absolute atomic E-state index is 5.51. The summed E-state index contributed by atoms with van der Waals surface area (Å²) >= 11 is 0. The Labute approximate surface area is 79.0 Å². The van der Waals surface area contributed by atoms with Gasteiger partial charge in [0.2, 0.25) is 0 Å². The summed E-state index contributed by atoms with van der Waals surface area (Å²) in [5.74, 6) is 0. The standard InChI is InChI=1S/C12H14O/c1-10-7-12(13-9-10)8-11-5-3-2-4-6-11/h2-6,9,12H,7-8H2,1H3. The van der Waals surface area contributed by atoms with E-state index in [1.165, 1.54) is 11.1 Å². The fourth-order valence-electron chi connectivity index (χ4n) is 1.66. The van der Waals surface area contributed by atoms with Gasteiger partial charge in [0.05, 0.1) is 6.26 Å². The Morgan fingerprint density at radius 1 is 1.31 bits per heavy atom. The third-order valence-corrected chi connectivity index (χ3v) is 2.32. The van der Waals surface area contributed by atoms with Gasteiger partial charge in [-0.3, -0.25) is 0 Å². The fraction of sp³-hybridized carbons (Fsp3) is 0.333. The van der Waals surface area contributed by atoms with Crippen LogP contribution < -0.4 is 0 Å². The summed E-state index contributed by atoms with van der Waals surface area (Å²) in [5.41, 5.74) is 2.71. The number of hydrogen-bond acceptors (Lipinski definition) is 1. The van der Waals surface area contributed by atoms with E-state index in [0.29, 0.717) is 6.10 Å². The second kappa shape index (κ2) is 3.65. The highest BCUT2D eigenvalue weighted by Gasteiger charge is 2.15. The molecule has 1 unspecified atom stereocenters. The van der Waals surface area contributed by atoms with Crippen molar-refractivity contribution in [3.8, 4) is 0 Å². The molecule has 0 fully saturated rings. The van der Waals surface area contributed by atoms with E-state index in [0.717, 1.165) is 12.8 Å². The molecular formula is C12H14O. The van der Waals surface area contributed by atoms with Crippen LogP contribution in [-0.4, -0.2) is 6.10 Å². The van der Waals surface area contributed by atoms with Crippen LogP contribution in [0.2, 0.25) is 0 Å². The Bertz CT molecular complexity index is 300. The van der Waals surface area contributed by atoms with E-state index in [2.05, 4.69) is 31.2 Å². The molecule has 0 amide bonds. The molecule has 2 rings (SSSR count). The average molecular weight is 174 g/mol. The molecule has 1 nitrogen and oxygen atoms in total. The first-order valence-electron chi connectivity index (χ1n) is 4.69. The van der Waals surface area contributed by atoms with Crippen LogP contribution in [0.1, 0.15) is 18.9 Å². The van der Waals surface area contributed by atoms with Crippen LogP contribution in [-0.2, 0) is 11.2 Å². The molecule has 1 aromatic rings. The molecule has 0 radical (unpaired) electrons. The number of hydrogen-bond donors (Lipinski definition) is 0. The minimum atomic E-state index is 0.363. The molecule has 0 N–H and O–H groups in total. The molecule has 0 saturated carbocycles. The zero-order chi connectivity index (χ0) is 9.10. The Hall–Kier alpha value is -1.24. The monoisotopic (exact) mass is 174 g/mol. The van der Waals surface area contributed by atoms with Gasteiger partial charge in [0.15, 0.2) is 0 Å². The van der Waals surface area contributed by atoms with Crippen LogP contribution in [0, 0.1) is 0 Å². The lowest BCUT2D eigenvalue weighted by Crippen LogP contribution is -2.08. The first-order chi connectivity index (χ1) is 6.34. The van der Waals surface area contributed by atoms with E-state index in [4.69, 9.17) is 4.74 Å². The van der Waals surface area contributed by atoms with E-state index in [9.17, 15) is 0 Å². The maximum atomic E-state index is 5.51. The zero-order valence-corrected chi connectivity index (χ0v) is 7.86. The van der Waals surface area contributed by atoms with Gasteiger partial charge < -0.3 is 4.74 Å². The Morgan fingerprint density at radius 3 is 2.69 bits per heavy atom. The van der Waals surface area contributed by atoms with Gasteiger partial charge in [-0.2, -0.15) is 0 Å². The smallest absolute Gasteiger partial charge is 0.106 e. The fourth-order valence-corrected chi connectivity index (χ4v) is 1.66. The highest BCUT2D eigenvalue weighted by molar-refractivity contribution is 5.17. The second-order valence-electron chi connectivity index (χ2n) is 3.62. The van der Waals surface area contributed by atoms with Gasteiger partial charge in [0, 0.05) is 12.8 Å². The molecule has 1 aliphatic rings. The maximum Gasteiger partial charge on any atom is 0.106 e. The molecule has 1 aromatic carbocycles. The average Bonchev–Trinajstić information content (AvgIpc) is 2.53. The van der Waals surface area contributed by atoms with E-state index in [-0.39, 0.29) is 0 Å². The normalized spacial score (nSPS) is 21.0. The third-order valence-electron chi connectivity index (χ3n) is 2.32. The number of benzene rings is 1. The molecule has 1 aliphatic heterocycles. The molecule has 13 heavy (non-hydrogen) atoms. The third kappa shape index (κ3) is 2.11. The van der Waals surface area contributed by atoms with E-state index in [1.807, 2.05) is 12.3 Å². The van der Waals surface area contributed by atoms with Gasteiger partial charge in [-0.05, 0) is 18.1 Å². The van der Waals surface area contributed by atoms with Crippen LogP contribution in [0.15, 0.2) is 42.2 Å². The molecule has 0 spiro atoms. The molecule has 1 heteroatoms. The summed E-state index contributed by atoms with van der Waals surface area (Å²) in [5, 5.41) is 0. The van der Waals surface area contributed by atoms with E-state index in [1.54, 1.807) is 0 Å². The van der Waals surface area contributed by atoms with E-state index >= 15 is 0 Å². The van der Waals surface area contributed by atoms with Crippen LogP contribution >= 0.6 is 0 Å². The van der Waals surface area contributed by atoms with Gasteiger partial charge in [-0.15, -0.1) is 0 Å². The molecule has 0 saturated heterocycles. The topological polar surface area (TPSA) is 9.23 Å². The number of rotatable bonds is 2. The highest BCUT2D eigenvalue weighted by atomic mass is 16.5. The molecule has 1 atom stereocenters. The Balaban J connectivity index is 1.94. The van der Waals surface area contributed by atoms with Crippen LogP contribution in [0.5, 0.6) is 0 Å². The molecular weight excluding hydrogens is 160 g/mol. The van der Waals surface area contributed by atoms with Crippen molar-refractivity contribution in [2.75, 3.05) is 0 Å². The van der Waals surface area contributed by atoms with Crippen LogP contribution in [0.25, 0.3) is 0 Å². The van der Waals surface area contributed by atoms with Crippen molar-refractivity contribution < 1.29 is 4.74 Å². The van der Waals surface area contributed by atoms with Crippen molar-refractivity contribution in [2.45, 2.75) is 25.9 Å². The SMILES string of the molecule is CC1=COC(Cc2ccccc2)C1. The molecule has 1 heterocycles. The summed E-state index contributed by atoms with van der Waals surface area (Å²) in [6.07, 6.45) is 4.35. The first kappa shape index (κ1) is 8.36. The summed E-state index contributed by atoms with van der Waals surface area (Å²) in [6.45, 7) is 2.12. The lowest BCUT2D eigenvalue weighted by molar-refractivity contribution is 0.170. The second-order valence-corrected chi connectivity index (χ2v) is 3.62. The van der Waals surface area contributed by atoms with Gasteiger partial charge >= 0.3 is 0 Å². The Kier molecular flexibility index (Phi) is 2.35. The Morgan fingerprint density at radius 2 is 2.08 bits per heavy atom. The van der Waals surface area contributed by atoms with Gasteiger partial charge in [-0.1, -0.05) is 30.3 Å². The van der Waals surface area contributed by atoms with Crippen molar-refractivity contribution in [1.29, 1.82) is 0 Å². The van der Waals surface area contributed by atoms with Crippen molar-refractivity contribution >= 4 is 0 Å². The van der Waals surface area contributed by atoms with Gasteiger partial charge in [0.25, 0.3) is 0 Å². The quantitative estimate of drug-likeness (QED) is 0.669. The summed E-state index contributed by atoms with van der Waals surface area (Å²) in [4.78, 5) is 0. The summed E-state index contributed by atoms with van der Waals surface area (Å²) in [6, 6.07) is 10.5. The zero-order valence-electron chi connectivity index (χ0n) is 7.86.